The molecule has 0 radical (unpaired) electrons. The molecule has 0 saturated heterocycles. The molecule has 12 heteroatoms. The third-order valence-corrected chi connectivity index (χ3v) is 4.91. The van der Waals surface area contributed by atoms with Crippen LogP contribution in [0.2, 0.25) is 0 Å². The molecule has 0 spiro atoms. The highest BCUT2D eigenvalue weighted by atomic mass is 32.1. The first-order valence-corrected chi connectivity index (χ1v) is 10.3. The maximum absolute atomic E-state index is 12.4. The molecule has 0 heterocycles. The lowest BCUT2D eigenvalue weighted by atomic mass is 9.93. The largest absolute Gasteiger partial charge is 0.573 e. The van der Waals surface area contributed by atoms with Gasteiger partial charge in [-0.25, -0.2) is 0 Å². The molecule has 1 aliphatic rings. The minimum absolute atomic E-state index is 0.0435. The zero-order valence-electron chi connectivity index (χ0n) is 17.0. The summed E-state index contributed by atoms with van der Waals surface area (Å²) >= 11 is 5.25. The van der Waals surface area contributed by atoms with E-state index in [-0.39, 0.29) is 28.8 Å². The van der Waals surface area contributed by atoms with E-state index in [9.17, 15) is 26.3 Å². The average Bonchev–Trinajstić information content (AvgIpc) is 2.69. The molecule has 0 aromatic heterocycles. The van der Waals surface area contributed by atoms with Crippen molar-refractivity contribution in [1.29, 1.82) is 0 Å². The molecule has 1 saturated carbocycles. The molecule has 5 nitrogen and oxygen atoms in total. The first-order chi connectivity index (χ1) is 15.4. The Kier molecular flexibility index (Phi) is 7.77. The molecule has 33 heavy (non-hydrogen) atoms. The quantitative estimate of drug-likeness (QED) is 0.371. The second kappa shape index (κ2) is 10.4. The van der Waals surface area contributed by atoms with E-state index in [2.05, 4.69) is 20.1 Å². The fourth-order valence-electron chi connectivity index (χ4n) is 3.36. The Balaban J connectivity index is 1.42. The Morgan fingerprint density at radius 3 is 1.97 bits per heavy atom. The van der Waals surface area contributed by atoms with Gasteiger partial charge in [0, 0.05) is 17.8 Å². The number of rotatable bonds is 6. The monoisotopic (exact) mass is 494 g/mol. The van der Waals surface area contributed by atoms with Crippen LogP contribution in [0.5, 0.6) is 17.2 Å². The summed E-state index contributed by atoms with van der Waals surface area (Å²) in [5.74, 6) is -0.232. The molecule has 180 valence electrons. The number of nitrogens with one attached hydrogen (secondary N) is 2. The molecule has 1 fully saturated rings. The number of benzene rings is 2. The standard InChI is InChI=1S/C21H20F6N2O3S/c22-20(23,24)31-17-10-8-16(9-11-17)30-15-6-4-13(5-7-15)28-19(33)29-14-2-1-3-18(12-14)32-21(25,26)27/h1-3,8-13,15H,4-7H2,(H2,28,29,33). The summed E-state index contributed by atoms with van der Waals surface area (Å²) in [6.07, 6.45) is -6.81. The number of hydrogen-bond donors (Lipinski definition) is 2. The Hall–Kier alpha value is -2.89. The van der Waals surface area contributed by atoms with Crippen LogP contribution in [-0.2, 0) is 0 Å². The summed E-state index contributed by atoms with van der Waals surface area (Å²) in [5, 5.41) is 6.23. The first kappa shape index (κ1) is 24.7. The van der Waals surface area contributed by atoms with Crippen LogP contribution in [0.15, 0.2) is 48.5 Å². The molecule has 2 aromatic rings. The van der Waals surface area contributed by atoms with Crippen molar-refractivity contribution in [3.05, 3.63) is 48.5 Å². The predicted octanol–water partition coefficient (Wildman–Crippen LogP) is 6.16. The summed E-state index contributed by atoms with van der Waals surface area (Å²) in [4.78, 5) is 0. The Morgan fingerprint density at radius 2 is 1.36 bits per heavy atom. The lowest BCUT2D eigenvalue weighted by molar-refractivity contribution is -0.275. The summed E-state index contributed by atoms with van der Waals surface area (Å²) in [7, 11) is 0. The van der Waals surface area contributed by atoms with Crippen LogP contribution < -0.4 is 24.8 Å². The highest BCUT2D eigenvalue weighted by molar-refractivity contribution is 7.80. The van der Waals surface area contributed by atoms with Crippen LogP contribution in [0.3, 0.4) is 0 Å². The minimum atomic E-state index is -4.78. The van der Waals surface area contributed by atoms with E-state index in [1.165, 1.54) is 42.5 Å². The Morgan fingerprint density at radius 1 is 0.788 bits per heavy atom. The molecule has 0 atom stereocenters. The molecule has 0 unspecified atom stereocenters. The van der Waals surface area contributed by atoms with Gasteiger partial charge in [0.05, 0.1) is 6.10 Å². The number of hydrogen-bond acceptors (Lipinski definition) is 4. The highest BCUT2D eigenvalue weighted by Gasteiger charge is 2.32. The van der Waals surface area contributed by atoms with Gasteiger partial charge in [0.2, 0.25) is 0 Å². The van der Waals surface area contributed by atoms with E-state index in [1.807, 2.05) is 0 Å². The van der Waals surface area contributed by atoms with Gasteiger partial charge in [-0.2, -0.15) is 0 Å². The van der Waals surface area contributed by atoms with Crippen molar-refractivity contribution in [3.8, 4) is 17.2 Å². The second-order valence-electron chi connectivity index (χ2n) is 7.28. The second-order valence-corrected chi connectivity index (χ2v) is 7.69. The van der Waals surface area contributed by atoms with Crippen LogP contribution in [0.25, 0.3) is 0 Å². The number of thiocarbonyl (C=S) groups is 1. The number of halogens is 6. The fourth-order valence-corrected chi connectivity index (χ4v) is 3.65. The van der Waals surface area contributed by atoms with E-state index in [4.69, 9.17) is 17.0 Å². The van der Waals surface area contributed by atoms with E-state index < -0.39 is 12.7 Å². The normalized spacial score (nSPS) is 18.8. The molecule has 3 rings (SSSR count). The van der Waals surface area contributed by atoms with Crippen molar-refractivity contribution in [3.63, 3.8) is 0 Å². The van der Waals surface area contributed by atoms with Crippen LogP contribution in [0, 0.1) is 0 Å². The van der Waals surface area contributed by atoms with Gasteiger partial charge in [-0.1, -0.05) is 6.07 Å². The molecule has 0 amide bonds. The van der Waals surface area contributed by atoms with Crippen molar-refractivity contribution in [2.75, 3.05) is 5.32 Å². The molecular formula is C21H20F6N2O3S. The smallest absolute Gasteiger partial charge is 0.490 e. The van der Waals surface area contributed by atoms with E-state index in [0.717, 1.165) is 12.8 Å². The van der Waals surface area contributed by atoms with Gasteiger partial charge in [-0.15, -0.1) is 26.3 Å². The first-order valence-electron chi connectivity index (χ1n) is 9.91. The summed E-state index contributed by atoms with van der Waals surface area (Å²) in [6, 6.07) is 10.6. The van der Waals surface area contributed by atoms with Crippen molar-refractivity contribution in [2.45, 2.75) is 50.6 Å². The highest BCUT2D eigenvalue weighted by Crippen LogP contribution is 2.28. The lowest BCUT2D eigenvalue weighted by Crippen LogP contribution is -2.41. The van der Waals surface area contributed by atoms with Crippen molar-refractivity contribution >= 4 is 23.0 Å². The third-order valence-electron chi connectivity index (χ3n) is 4.69. The van der Waals surface area contributed by atoms with Crippen molar-refractivity contribution in [1.82, 2.24) is 5.32 Å². The molecule has 0 bridgehead atoms. The predicted molar refractivity (Wildman–Crippen MR) is 112 cm³/mol. The molecule has 2 N–H and O–H groups in total. The van der Waals surface area contributed by atoms with Gasteiger partial charge in [0.25, 0.3) is 0 Å². The SMILES string of the molecule is FC(F)(F)Oc1ccc(OC2CCC(NC(=S)Nc3cccc(OC(F)(F)F)c3)CC2)cc1. The summed E-state index contributed by atoms with van der Waals surface area (Å²) in [6.45, 7) is 0. The van der Waals surface area contributed by atoms with E-state index in [0.29, 0.717) is 24.3 Å². The van der Waals surface area contributed by atoms with Gasteiger partial charge in [-0.3, -0.25) is 0 Å². The van der Waals surface area contributed by atoms with Crippen LogP contribution in [0.1, 0.15) is 25.7 Å². The van der Waals surface area contributed by atoms with Crippen LogP contribution in [0.4, 0.5) is 32.0 Å². The van der Waals surface area contributed by atoms with Gasteiger partial charge >= 0.3 is 12.7 Å². The third kappa shape index (κ3) is 8.87. The summed E-state index contributed by atoms with van der Waals surface area (Å²) in [5.41, 5.74) is 0.351. The van der Waals surface area contributed by atoms with E-state index >= 15 is 0 Å². The number of anilines is 1. The maximum Gasteiger partial charge on any atom is 0.573 e. The van der Waals surface area contributed by atoms with Crippen molar-refractivity contribution in [2.24, 2.45) is 0 Å². The topological polar surface area (TPSA) is 51.8 Å². The fraction of sp³-hybridized carbons (Fsp3) is 0.381. The molecule has 1 aliphatic carbocycles. The Labute approximate surface area is 191 Å². The van der Waals surface area contributed by atoms with Gasteiger partial charge in [-0.05, 0) is 74.3 Å². The van der Waals surface area contributed by atoms with Crippen LogP contribution in [-0.4, -0.2) is 30.0 Å². The van der Waals surface area contributed by atoms with E-state index in [1.54, 1.807) is 6.07 Å². The molecular weight excluding hydrogens is 474 g/mol. The van der Waals surface area contributed by atoms with Gasteiger partial charge in [0.1, 0.15) is 17.2 Å². The number of ether oxygens (including phenoxy) is 3. The Bertz CT molecular complexity index is 929. The number of alkyl halides is 6. The van der Waals surface area contributed by atoms with Gasteiger partial charge < -0.3 is 24.8 Å². The van der Waals surface area contributed by atoms with Gasteiger partial charge in [0.15, 0.2) is 5.11 Å². The minimum Gasteiger partial charge on any atom is -0.490 e. The zero-order chi connectivity index (χ0) is 24.1. The molecule has 0 aliphatic heterocycles. The molecule has 2 aromatic carbocycles. The average molecular weight is 494 g/mol. The van der Waals surface area contributed by atoms with Crippen molar-refractivity contribution < 1.29 is 40.6 Å². The summed E-state index contributed by atoms with van der Waals surface area (Å²) < 4.78 is 87.3. The zero-order valence-corrected chi connectivity index (χ0v) is 17.8. The lowest BCUT2D eigenvalue weighted by Gasteiger charge is -2.30. The maximum atomic E-state index is 12.4. The van der Waals surface area contributed by atoms with Crippen LogP contribution >= 0.6 is 12.2 Å².